The molecule has 9 rings (SSSR count). The van der Waals surface area contributed by atoms with Crippen LogP contribution in [0.4, 0.5) is 0 Å². The maximum atomic E-state index is 13.9. The zero-order chi connectivity index (χ0) is 34.1. The van der Waals surface area contributed by atoms with Crippen molar-refractivity contribution < 1.29 is 0 Å². The molecule has 9 aromatic rings. The molecular weight excluding hydrogens is 613 g/mol. The van der Waals surface area contributed by atoms with Crippen LogP contribution in [0.2, 0.25) is 0 Å². The molecule has 0 atom stereocenters. The number of hydrogen-bond donors (Lipinski definition) is 0. The van der Waals surface area contributed by atoms with Crippen LogP contribution in [0.3, 0.4) is 0 Å². The van der Waals surface area contributed by atoms with E-state index in [-0.39, 0.29) is 5.69 Å². The summed E-state index contributed by atoms with van der Waals surface area (Å²) in [5, 5.41) is 17.7. The highest BCUT2D eigenvalue weighted by molar-refractivity contribution is 6.22. The summed E-state index contributed by atoms with van der Waals surface area (Å²) in [6.45, 7) is 3.79. The van der Waals surface area contributed by atoms with Gasteiger partial charge >= 0.3 is 5.69 Å². The van der Waals surface area contributed by atoms with Crippen LogP contribution in [0, 0.1) is 11.3 Å². The van der Waals surface area contributed by atoms with E-state index in [1.54, 1.807) is 22.4 Å². The van der Waals surface area contributed by atoms with Gasteiger partial charge in [0.15, 0.2) is 0 Å². The quantitative estimate of drug-likeness (QED) is 0.179. The lowest BCUT2D eigenvalue weighted by Gasteiger charge is -2.18. The third-order valence-corrected chi connectivity index (χ3v) is 10.3. The van der Waals surface area contributed by atoms with Gasteiger partial charge < -0.3 is 0 Å². The van der Waals surface area contributed by atoms with E-state index in [0.717, 1.165) is 55.1 Å². The minimum absolute atomic E-state index is 0.150. The van der Waals surface area contributed by atoms with E-state index in [4.69, 9.17) is 4.98 Å². The Kier molecular flexibility index (Phi) is 6.52. The standard InChI is InChI=1S/C45H32N4O/c1-45(2,27-46)32-19-21-33(22-20-32)49-43-38-25-31(18-23-39(38)47-26-40(43)48(3)44(49)50)42-36-14-8-6-12-34(36)41(35-13-7-9-15-37(35)42)30-17-16-28-10-4-5-11-29(28)24-30/h4-26H,1-3H3. The van der Waals surface area contributed by atoms with Crippen molar-refractivity contribution in [3.05, 3.63) is 156 Å². The largest absolute Gasteiger partial charge is 0.333 e. The second-order valence-electron chi connectivity index (χ2n) is 13.6. The van der Waals surface area contributed by atoms with Gasteiger partial charge in [-0.2, -0.15) is 5.26 Å². The van der Waals surface area contributed by atoms with Gasteiger partial charge in [-0.3, -0.25) is 14.1 Å². The molecule has 2 aromatic heterocycles. The molecule has 0 saturated carbocycles. The van der Waals surface area contributed by atoms with Crippen molar-refractivity contribution in [3.8, 4) is 34.0 Å². The fourth-order valence-corrected chi connectivity index (χ4v) is 7.58. The Morgan fingerprint density at radius 1 is 0.640 bits per heavy atom. The third-order valence-electron chi connectivity index (χ3n) is 10.3. The summed E-state index contributed by atoms with van der Waals surface area (Å²) in [6, 6.07) is 49.1. The number of aryl methyl sites for hydroxylation is 1. The van der Waals surface area contributed by atoms with Crippen molar-refractivity contribution in [1.82, 2.24) is 14.1 Å². The first-order valence-corrected chi connectivity index (χ1v) is 16.8. The van der Waals surface area contributed by atoms with Gasteiger partial charge in [-0.05, 0) is 104 Å². The van der Waals surface area contributed by atoms with E-state index < -0.39 is 5.41 Å². The maximum Gasteiger partial charge on any atom is 0.333 e. The molecule has 7 aromatic carbocycles. The molecule has 0 aliphatic carbocycles. The van der Waals surface area contributed by atoms with Crippen molar-refractivity contribution in [1.29, 1.82) is 5.26 Å². The van der Waals surface area contributed by atoms with Crippen molar-refractivity contribution in [2.75, 3.05) is 0 Å². The molecule has 0 bridgehead atoms. The number of nitrogens with zero attached hydrogens (tertiary/aromatic N) is 4. The van der Waals surface area contributed by atoms with Crippen LogP contribution in [-0.2, 0) is 12.5 Å². The number of aromatic nitrogens is 3. The highest BCUT2D eigenvalue weighted by Crippen LogP contribution is 2.44. The first kappa shape index (κ1) is 29.6. The summed E-state index contributed by atoms with van der Waals surface area (Å²) < 4.78 is 3.43. The molecule has 0 amide bonds. The molecule has 0 aliphatic heterocycles. The van der Waals surface area contributed by atoms with Crippen LogP contribution < -0.4 is 5.69 Å². The molecule has 5 nitrogen and oxygen atoms in total. The lowest BCUT2D eigenvalue weighted by Crippen LogP contribution is -2.21. The van der Waals surface area contributed by atoms with Gasteiger partial charge in [-0.25, -0.2) is 4.79 Å². The lowest BCUT2D eigenvalue weighted by atomic mass is 9.85. The first-order valence-electron chi connectivity index (χ1n) is 16.8. The summed E-state index contributed by atoms with van der Waals surface area (Å²) >= 11 is 0. The highest BCUT2D eigenvalue weighted by atomic mass is 16.1. The molecule has 0 saturated heterocycles. The van der Waals surface area contributed by atoms with Crippen molar-refractivity contribution in [2.24, 2.45) is 7.05 Å². The summed E-state index contributed by atoms with van der Waals surface area (Å²) in [6.07, 6.45) is 1.78. The van der Waals surface area contributed by atoms with Gasteiger partial charge in [0.25, 0.3) is 0 Å². The normalized spacial score (nSPS) is 12.0. The SMILES string of the molecule is Cn1c(=O)n(-c2ccc(C(C)(C)C#N)cc2)c2c3cc(-c4c5ccccc5c(-c5ccc6ccccc6c5)c5ccccc45)ccc3ncc21. The van der Waals surface area contributed by atoms with Crippen LogP contribution in [0.15, 0.2) is 144 Å². The minimum atomic E-state index is -0.636. The molecule has 0 N–H and O–H groups in total. The predicted octanol–water partition coefficient (Wildman–Crippen LogP) is 10.5. The van der Waals surface area contributed by atoms with Crippen molar-refractivity contribution in [2.45, 2.75) is 19.3 Å². The number of fused-ring (bicyclic) bond motifs is 6. The van der Waals surface area contributed by atoms with E-state index >= 15 is 0 Å². The number of rotatable bonds is 4. The molecule has 50 heavy (non-hydrogen) atoms. The molecule has 238 valence electrons. The van der Waals surface area contributed by atoms with Gasteiger partial charge in [-0.1, -0.05) is 103 Å². The van der Waals surface area contributed by atoms with E-state index in [1.807, 2.05) is 38.1 Å². The summed E-state index contributed by atoms with van der Waals surface area (Å²) in [5.74, 6) is 0. The Morgan fingerprint density at radius 3 is 1.82 bits per heavy atom. The van der Waals surface area contributed by atoms with E-state index in [1.165, 1.54) is 32.7 Å². The highest BCUT2D eigenvalue weighted by Gasteiger charge is 2.22. The monoisotopic (exact) mass is 644 g/mol. The molecular formula is C45H32N4O. The molecule has 0 radical (unpaired) electrons. The molecule has 2 heterocycles. The lowest BCUT2D eigenvalue weighted by molar-refractivity contribution is 0.686. The van der Waals surface area contributed by atoms with Crippen molar-refractivity contribution >= 4 is 54.3 Å². The van der Waals surface area contributed by atoms with E-state index in [2.05, 4.69) is 115 Å². The van der Waals surface area contributed by atoms with Crippen molar-refractivity contribution in [3.63, 3.8) is 0 Å². The van der Waals surface area contributed by atoms with Crippen LogP contribution in [-0.4, -0.2) is 14.1 Å². The Hall–Kier alpha value is -6.51. The molecule has 0 spiro atoms. The predicted molar refractivity (Wildman–Crippen MR) is 206 cm³/mol. The smallest absolute Gasteiger partial charge is 0.293 e. The zero-order valence-corrected chi connectivity index (χ0v) is 28.0. The van der Waals surface area contributed by atoms with Crippen LogP contribution in [0.25, 0.3) is 82.2 Å². The third kappa shape index (κ3) is 4.39. The summed E-state index contributed by atoms with van der Waals surface area (Å²) in [5.41, 5.74) is 7.82. The maximum absolute atomic E-state index is 13.9. The minimum Gasteiger partial charge on any atom is -0.293 e. The average molecular weight is 645 g/mol. The summed E-state index contributed by atoms with van der Waals surface area (Å²) in [7, 11) is 1.79. The Bertz CT molecular complexity index is 2880. The van der Waals surface area contributed by atoms with Gasteiger partial charge in [0.05, 0.1) is 39.9 Å². The van der Waals surface area contributed by atoms with Crippen LogP contribution in [0.5, 0.6) is 0 Å². The Morgan fingerprint density at radius 2 is 1.20 bits per heavy atom. The second kappa shape index (κ2) is 11.0. The number of pyridine rings is 1. The zero-order valence-electron chi connectivity index (χ0n) is 28.0. The van der Waals surface area contributed by atoms with E-state index in [0.29, 0.717) is 0 Å². The molecule has 5 heteroatoms. The van der Waals surface area contributed by atoms with Gasteiger partial charge in [-0.15, -0.1) is 0 Å². The number of imidazole rings is 1. The fourth-order valence-electron chi connectivity index (χ4n) is 7.58. The molecule has 0 aliphatic rings. The topological polar surface area (TPSA) is 63.6 Å². The second-order valence-corrected chi connectivity index (χ2v) is 13.6. The number of hydrogen-bond acceptors (Lipinski definition) is 3. The van der Waals surface area contributed by atoms with E-state index in [9.17, 15) is 10.1 Å². The molecule has 0 fully saturated rings. The summed E-state index contributed by atoms with van der Waals surface area (Å²) in [4.78, 5) is 18.7. The average Bonchev–Trinajstić information content (AvgIpc) is 3.42. The van der Waals surface area contributed by atoms with Gasteiger partial charge in [0.1, 0.15) is 0 Å². The number of benzene rings is 7. The molecule has 0 unspecified atom stereocenters. The first-order chi connectivity index (χ1) is 24.3. The van der Waals surface area contributed by atoms with Gasteiger partial charge in [0, 0.05) is 12.4 Å². The van der Waals surface area contributed by atoms with Gasteiger partial charge in [0.2, 0.25) is 0 Å². The number of nitriles is 1. The Balaban J connectivity index is 1.32. The fraction of sp³-hybridized carbons (Fsp3) is 0.0889. The van der Waals surface area contributed by atoms with Crippen LogP contribution in [0.1, 0.15) is 19.4 Å². The Labute approximate surface area is 288 Å². The van der Waals surface area contributed by atoms with Crippen LogP contribution >= 0.6 is 0 Å².